The number of carbonyl (C=O) groups excluding carboxylic acids is 1. The Labute approximate surface area is 195 Å². The van der Waals surface area contributed by atoms with Crippen molar-refractivity contribution in [2.24, 2.45) is 23.2 Å². The molecule has 1 saturated heterocycles. The van der Waals surface area contributed by atoms with E-state index in [9.17, 15) is 9.90 Å². The molecular formula is C25H46ClN3O2. The van der Waals surface area contributed by atoms with Crippen molar-refractivity contribution in [2.75, 3.05) is 19.6 Å². The van der Waals surface area contributed by atoms with Crippen LogP contribution in [0.15, 0.2) is 0 Å². The lowest BCUT2D eigenvalue weighted by molar-refractivity contribution is 0.00541. The molecule has 3 fully saturated rings. The molecule has 6 heteroatoms. The molecule has 2 atom stereocenters. The molecule has 0 spiro atoms. The summed E-state index contributed by atoms with van der Waals surface area (Å²) in [5.41, 5.74) is 0.300. The lowest BCUT2D eigenvalue weighted by Crippen LogP contribution is -2.56. The molecule has 0 bridgehead atoms. The summed E-state index contributed by atoms with van der Waals surface area (Å²) in [7, 11) is 0. The van der Waals surface area contributed by atoms with E-state index < -0.39 is 0 Å². The molecule has 3 rings (SSSR count). The highest BCUT2D eigenvalue weighted by Gasteiger charge is 2.41. The van der Waals surface area contributed by atoms with Crippen LogP contribution in [0.2, 0.25) is 0 Å². The van der Waals surface area contributed by atoms with E-state index in [0.717, 1.165) is 57.2 Å². The Morgan fingerprint density at radius 3 is 2.29 bits per heavy atom. The predicted octanol–water partition coefficient (Wildman–Crippen LogP) is 4.76. The predicted molar refractivity (Wildman–Crippen MR) is 128 cm³/mol. The number of carbonyl (C=O) groups is 1. The highest BCUT2D eigenvalue weighted by atomic mass is 35.5. The number of piperidine rings is 1. The Hall–Kier alpha value is -0.520. The number of nitrogens with zero attached hydrogens (tertiary/aromatic N) is 1. The minimum atomic E-state index is -0.194. The molecule has 31 heavy (non-hydrogen) atoms. The van der Waals surface area contributed by atoms with Gasteiger partial charge in [-0.1, -0.05) is 27.7 Å². The maximum Gasteiger partial charge on any atom is 0.315 e. The highest BCUT2D eigenvalue weighted by molar-refractivity contribution is 6.20. The number of amides is 2. The maximum absolute atomic E-state index is 12.6. The van der Waals surface area contributed by atoms with E-state index in [1.54, 1.807) is 0 Å². The third-order valence-corrected chi connectivity index (χ3v) is 8.71. The number of rotatable bonds is 6. The molecule has 0 aromatic carbocycles. The molecular weight excluding hydrogens is 410 g/mol. The van der Waals surface area contributed by atoms with Gasteiger partial charge in [0.2, 0.25) is 0 Å². The van der Waals surface area contributed by atoms with Crippen molar-refractivity contribution in [3.05, 3.63) is 0 Å². The molecule has 1 heterocycles. The zero-order valence-corrected chi connectivity index (χ0v) is 21.0. The summed E-state index contributed by atoms with van der Waals surface area (Å²) in [5.74, 6) is 1.99. The smallest absolute Gasteiger partial charge is 0.315 e. The first-order valence-corrected chi connectivity index (χ1v) is 13.2. The van der Waals surface area contributed by atoms with Crippen LogP contribution in [-0.2, 0) is 0 Å². The average Bonchev–Trinajstić information content (AvgIpc) is 2.69. The molecule has 0 aromatic rings. The Kier molecular flexibility index (Phi) is 8.97. The van der Waals surface area contributed by atoms with E-state index in [4.69, 9.17) is 11.6 Å². The lowest BCUT2D eigenvalue weighted by Gasteiger charge is -2.49. The SMILES string of the molecule is CC(C)[C@H](CN1CCC(C2CCC(Cl)CC2)C(C)(C)C1)NC(=O)NC1CCC(O)CC1. The quantitative estimate of drug-likeness (QED) is 0.506. The fourth-order valence-corrected chi connectivity index (χ4v) is 6.56. The molecule has 3 aliphatic rings. The third-order valence-electron chi connectivity index (χ3n) is 8.27. The first-order valence-electron chi connectivity index (χ1n) is 12.8. The molecule has 5 nitrogen and oxygen atoms in total. The van der Waals surface area contributed by atoms with E-state index in [1.165, 1.54) is 32.1 Å². The van der Waals surface area contributed by atoms with E-state index in [2.05, 4.69) is 43.2 Å². The van der Waals surface area contributed by atoms with E-state index in [-0.39, 0.29) is 24.2 Å². The second-order valence-electron chi connectivity index (χ2n) is 11.6. The van der Waals surface area contributed by atoms with Crippen LogP contribution in [0.1, 0.15) is 85.5 Å². The van der Waals surface area contributed by atoms with Crippen LogP contribution in [0.25, 0.3) is 0 Å². The molecule has 2 saturated carbocycles. The summed E-state index contributed by atoms with van der Waals surface area (Å²) < 4.78 is 0. The average molecular weight is 456 g/mol. The van der Waals surface area contributed by atoms with Crippen molar-refractivity contribution in [2.45, 2.75) is 109 Å². The number of aliphatic hydroxyl groups is 1. The first-order chi connectivity index (χ1) is 14.6. The van der Waals surface area contributed by atoms with Gasteiger partial charge in [-0.2, -0.15) is 0 Å². The number of urea groups is 1. The molecule has 2 aliphatic carbocycles. The lowest BCUT2D eigenvalue weighted by atomic mass is 9.64. The van der Waals surface area contributed by atoms with Crippen molar-refractivity contribution in [3.8, 4) is 0 Å². The number of alkyl halides is 1. The summed E-state index contributed by atoms with van der Waals surface area (Å²) >= 11 is 6.35. The Morgan fingerprint density at radius 1 is 1.06 bits per heavy atom. The van der Waals surface area contributed by atoms with E-state index >= 15 is 0 Å². The normalized spacial score (nSPS) is 35.5. The van der Waals surface area contributed by atoms with Gasteiger partial charge in [-0.15, -0.1) is 11.6 Å². The fourth-order valence-electron chi connectivity index (χ4n) is 6.31. The van der Waals surface area contributed by atoms with Gasteiger partial charge >= 0.3 is 6.03 Å². The maximum atomic E-state index is 12.6. The summed E-state index contributed by atoms with van der Waals surface area (Å²) in [4.78, 5) is 15.2. The molecule has 2 amide bonds. The number of hydrogen-bond acceptors (Lipinski definition) is 3. The largest absolute Gasteiger partial charge is 0.393 e. The minimum Gasteiger partial charge on any atom is -0.393 e. The molecule has 1 aliphatic heterocycles. The summed E-state index contributed by atoms with van der Waals surface area (Å²) in [5, 5.41) is 16.5. The van der Waals surface area contributed by atoms with Crippen molar-refractivity contribution in [3.63, 3.8) is 0 Å². The van der Waals surface area contributed by atoms with Gasteiger partial charge in [0.25, 0.3) is 0 Å². The van der Waals surface area contributed by atoms with Crippen molar-refractivity contribution in [1.82, 2.24) is 15.5 Å². The number of nitrogens with one attached hydrogen (secondary N) is 2. The monoisotopic (exact) mass is 455 g/mol. The summed E-state index contributed by atoms with van der Waals surface area (Å²) in [6.07, 6.45) is 9.31. The van der Waals surface area contributed by atoms with Gasteiger partial charge < -0.3 is 20.6 Å². The van der Waals surface area contributed by atoms with Gasteiger partial charge in [0.05, 0.1) is 6.10 Å². The first kappa shape index (κ1) is 25.1. The van der Waals surface area contributed by atoms with Crippen molar-refractivity contribution < 1.29 is 9.90 Å². The van der Waals surface area contributed by atoms with Crippen LogP contribution in [0.4, 0.5) is 4.79 Å². The van der Waals surface area contributed by atoms with Gasteiger partial charge in [0, 0.05) is 30.6 Å². The second kappa shape index (κ2) is 11.1. The Morgan fingerprint density at radius 2 is 1.71 bits per heavy atom. The highest BCUT2D eigenvalue weighted by Crippen LogP contribution is 2.45. The standard InChI is InChI=1S/C25H46ClN3O2/c1-17(2)23(28-24(31)27-20-9-11-21(30)12-10-20)15-29-14-13-22(25(3,4)16-29)18-5-7-19(26)8-6-18/h17-23,30H,5-16H2,1-4H3,(H2,27,28,31)/t18?,19?,20?,21?,22?,23-/m0/s1. The summed E-state index contributed by atoms with van der Waals surface area (Å²) in [6.45, 7) is 12.4. The number of aliphatic hydroxyl groups excluding tert-OH is 1. The van der Waals surface area contributed by atoms with Gasteiger partial charge in [-0.3, -0.25) is 0 Å². The van der Waals surface area contributed by atoms with Crippen molar-refractivity contribution in [1.29, 1.82) is 0 Å². The van der Waals surface area contributed by atoms with Crippen LogP contribution in [0.3, 0.4) is 0 Å². The zero-order valence-electron chi connectivity index (χ0n) is 20.2. The van der Waals surface area contributed by atoms with Gasteiger partial charge in [-0.25, -0.2) is 4.79 Å². The van der Waals surface area contributed by atoms with Gasteiger partial charge in [-0.05, 0) is 87.5 Å². The molecule has 1 unspecified atom stereocenters. The topological polar surface area (TPSA) is 64.6 Å². The minimum absolute atomic E-state index is 0.0490. The van der Waals surface area contributed by atoms with Gasteiger partial charge in [0.1, 0.15) is 0 Å². The third kappa shape index (κ3) is 7.23. The van der Waals surface area contributed by atoms with E-state index in [1.807, 2.05) is 0 Å². The van der Waals surface area contributed by atoms with Gasteiger partial charge in [0.15, 0.2) is 0 Å². The van der Waals surface area contributed by atoms with Crippen LogP contribution in [-0.4, -0.2) is 59.2 Å². The fraction of sp³-hybridized carbons (Fsp3) is 0.960. The Bertz CT molecular complexity index is 569. The van der Waals surface area contributed by atoms with E-state index in [0.29, 0.717) is 16.7 Å². The zero-order chi connectivity index (χ0) is 22.6. The van der Waals surface area contributed by atoms with Crippen LogP contribution < -0.4 is 10.6 Å². The number of hydrogen-bond donors (Lipinski definition) is 3. The molecule has 0 radical (unpaired) electrons. The van der Waals surface area contributed by atoms with Crippen LogP contribution in [0, 0.1) is 23.2 Å². The van der Waals surface area contributed by atoms with Crippen LogP contribution >= 0.6 is 11.6 Å². The van der Waals surface area contributed by atoms with Crippen LogP contribution in [0.5, 0.6) is 0 Å². The summed E-state index contributed by atoms with van der Waals surface area (Å²) in [6, 6.07) is 0.286. The van der Waals surface area contributed by atoms with Crippen molar-refractivity contribution >= 4 is 17.6 Å². The molecule has 180 valence electrons. The molecule has 0 aromatic heterocycles. The Balaban J connectivity index is 1.49. The number of halogens is 1. The number of likely N-dealkylation sites (tertiary alicyclic amines) is 1. The molecule has 3 N–H and O–H groups in total. The second-order valence-corrected chi connectivity index (χ2v) is 12.2.